The molecule has 2 rings (SSSR count). The highest BCUT2D eigenvalue weighted by atomic mass is 14.8. The first-order chi connectivity index (χ1) is 5.90. The molecule has 0 aliphatic heterocycles. The van der Waals surface area contributed by atoms with Gasteiger partial charge in [0.05, 0.1) is 0 Å². The molecule has 62 valence electrons. The molecule has 0 saturated heterocycles. The van der Waals surface area contributed by atoms with Gasteiger partial charge in [-0.25, -0.2) is 4.98 Å². The van der Waals surface area contributed by atoms with Crippen molar-refractivity contribution in [2.75, 3.05) is 0 Å². The van der Waals surface area contributed by atoms with E-state index in [0.717, 1.165) is 12.1 Å². The van der Waals surface area contributed by atoms with Gasteiger partial charge in [0.25, 0.3) is 0 Å². The molecule has 0 spiro atoms. The molecule has 0 aromatic carbocycles. The maximum absolute atomic E-state index is 4.30. The fourth-order valence-corrected chi connectivity index (χ4v) is 1.41. The van der Waals surface area contributed by atoms with Gasteiger partial charge < -0.3 is 4.98 Å². The predicted molar refractivity (Wildman–Crippen MR) is 50.1 cm³/mol. The first-order valence-electron chi connectivity index (χ1n) is 4.32. The first kappa shape index (κ1) is 7.35. The molecule has 0 radical (unpaired) electrons. The summed E-state index contributed by atoms with van der Waals surface area (Å²) in [6.07, 6.45) is 6.17. The Morgan fingerprint density at radius 3 is 3.25 bits per heavy atom. The lowest BCUT2D eigenvalue weighted by Gasteiger charge is -1.96. The van der Waals surface area contributed by atoms with Crippen LogP contribution in [0.1, 0.15) is 18.9 Å². The van der Waals surface area contributed by atoms with Crippen LogP contribution in [-0.2, 0) is 6.42 Å². The SMILES string of the molecule is CCCc1cnc2[nH]ccc2c1. The fourth-order valence-electron chi connectivity index (χ4n) is 1.41. The van der Waals surface area contributed by atoms with E-state index < -0.39 is 0 Å². The fraction of sp³-hybridized carbons (Fsp3) is 0.300. The number of rotatable bonds is 2. The van der Waals surface area contributed by atoms with Gasteiger partial charge in [0, 0.05) is 17.8 Å². The van der Waals surface area contributed by atoms with Gasteiger partial charge in [0.2, 0.25) is 0 Å². The molecule has 0 fully saturated rings. The lowest BCUT2D eigenvalue weighted by Crippen LogP contribution is -1.84. The maximum atomic E-state index is 4.30. The van der Waals surface area contributed by atoms with Crippen LogP contribution in [0.4, 0.5) is 0 Å². The molecule has 0 bridgehead atoms. The summed E-state index contributed by atoms with van der Waals surface area (Å²) in [6.45, 7) is 2.18. The van der Waals surface area contributed by atoms with Gasteiger partial charge in [0.1, 0.15) is 5.65 Å². The molecule has 0 aliphatic rings. The summed E-state index contributed by atoms with van der Waals surface area (Å²) in [5.74, 6) is 0. The second kappa shape index (κ2) is 2.97. The van der Waals surface area contributed by atoms with E-state index >= 15 is 0 Å². The highest BCUT2D eigenvalue weighted by Gasteiger charge is 1.96. The smallest absolute Gasteiger partial charge is 0.137 e. The van der Waals surface area contributed by atoms with Crippen LogP contribution in [0.15, 0.2) is 24.5 Å². The highest BCUT2D eigenvalue weighted by molar-refractivity contribution is 5.75. The Hall–Kier alpha value is -1.31. The quantitative estimate of drug-likeness (QED) is 0.718. The lowest BCUT2D eigenvalue weighted by molar-refractivity contribution is 0.917. The Balaban J connectivity index is 2.46. The van der Waals surface area contributed by atoms with Gasteiger partial charge in [-0.15, -0.1) is 0 Å². The van der Waals surface area contributed by atoms with Crippen molar-refractivity contribution in [2.24, 2.45) is 0 Å². The van der Waals surface area contributed by atoms with Crippen LogP contribution in [0.5, 0.6) is 0 Å². The molecule has 2 aromatic rings. The van der Waals surface area contributed by atoms with Gasteiger partial charge in [-0.3, -0.25) is 0 Å². The molecule has 0 saturated carbocycles. The Labute approximate surface area is 71.6 Å². The summed E-state index contributed by atoms with van der Waals surface area (Å²) in [6, 6.07) is 4.25. The Kier molecular flexibility index (Phi) is 1.82. The number of H-pyrrole nitrogens is 1. The number of pyridine rings is 1. The normalized spacial score (nSPS) is 10.8. The van der Waals surface area contributed by atoms with Crippen molar-refractivity contribution < 1.29 is 0 Å². The third-order valence-electron chi connectivity index (χ3n) is 2.00. The number of hydrogen-bond acceptors (Lipinski definition) is 1. The van der Waals surface area contributed by atoms with Gasteiger partial charge in [-0.2, -0.15) is 0 Å². The number of aryl methyl sites for hydroxylation is 1. The standard InChI is InChI=1S/C10H12N2/c1-2-3-8-6-9-4-5-11-10(9)12-7-8/h4-7H,2-3H2,1H3,(H,11,12). The van der Waals surface area contributed by atoms with Crippen LogP contribution < -0.4 is 0 Å². The van der Waals surface area contributed by atoms with E-state index in [9.17, 15) is 0 Å². The minimum atomic E-state index is 0.981. The second-order valence-electron chi connectivity index (χ2n) is 3.01. The van der Waals surface area contributed by atoms with Crippen molar-refractivity contribution >= 4 is 11.0 Å². The van der Waals surface area contributed by atoms with Crippen LogP contribution in [0.3, 0.4) is 0 Å². The number of nitrogens with zero attached hydrogens (tertiary/aromatic N) is 1. The van der Waals surface area contributed by atoms with Crippen LogP contribution in [0.2, 0.25) is 0 Å². The van der Waals surface area contributed by atoms with Crippen molar-refractivity contribution in [2.45, 2.75) is 19.8 Å². The molecule has 0 atom stereocenters. The average molecular weight is 160 g/mol. The summed E-state index contributed by atoms with van der Waals surface area (Å²) < 4.78 is 0. The second-order valence-corrected chi connectivity index (χ2v) is 3.01. The van der Waals surface area contributed by atoms with E-state index in [0.29, 0.717) is 0 Å². The van der Waals surface area contributed by atoms with E-state index in [1.54, 1.807) is 0 Å². The number of fused-ring (bicyclic) bond motifs is 1. The molecule has 0 amide bonds. The molecule has 0 unspecified atom stereocenters. The molecular weight excluding hydrogens is 148 g/mol. The van der Waals surface area contributed by atoms with Crippen molar-refractivity contribution in [3.63, 3.8) is 0 Å². The molecule has 0 aliphatic carbocycles. The highest BCUT2D eigenvalue weighted by Crippen LogP contribution is 2.12. The van der Waals surface area contributed by atoms with Gasteiger partial charge >= 0.3 is 0 Å². The molecule has 2 aromatic heterocycles. The average Bonchev–Trinajstić information content (AvgIpc) is 2.51. The topological polar surface area (TPSA) is 28.7 Å². The predicted octanol–water partition coefficient (Wildman–Crippen LogP) is 2.52. The van der Waals surface area contributed by atoms with Crippen molar-refractivity contribution in [1.29, 1.82) is 0 Å². The first-order valence-corrected chi connectivity index (χ1v) is 4.32. The number of aromatic nitrogens is 2. The molecule has 2 heteroatoms. The zero-order valence-corrected chi connectivity index (χ0v) is 7.17. The minimum absolute atomic E-state index is 0.981. The van der Waals surface area contributed by atoms with Crippen molar-refractivity contribution in [1.82, 2.24) is 9.97 Å². The van der Waals surface area contributed by atoms with Crippen molar-refractivity contribution in [3.05, 3.63) is 30.1 Å². The Bertz CT molecular complexity index is 376. The number of aromatic amines is 1. The van der Waals surface area contributed by atoms with E-state index in [1.807, 2.05) is 12.4 Å². The maximum Gasteiger partial charge on any atom is 0.137 e. The zero-order valence-electron chi connectivity index (χ0n) is 7.17. The molecule has 2 heterocycles. The van der Waals surface area contributed by atoms with Crippen LogP contribution in [0, 0.1) is 0 Å². The molecule has 2 nitrogen and oxygen atoms in total. The van der Waals surface area contributed by atoms with Gasteiger partial charge in [-0.05, 0) is 24.1 Å². The summed E-state index contributed by atoms with van der Waals surface area (Å²) in [7, 11) is 0. The van der Waals surface area contributed by atoms with Crippen LogP contribution >= 0.6 is 0 Å². The summed E-state index contributed by atoms with van der Waals surface area (Å²) in [4.78, 5) is 7.38. The Morgan fingerprint density at radius 2 is 2.42 bits per heavy atom. The monoisotopic (exact) mass is 160 g/mol. The van der Waals surface area contributed by atoms with E-state index in [1.165, 1.54) is 17.4 Å². The largest absolute Gasteiger partial charge is 0.346 e. The molecule has 12 heavy (non-hydrogen) atoms. The molecule has 1 N–H and O–H groups in total. The third kappa shape index (κ3) is 1.20. The third-order valence-corrected chi connectivity index (χ3v) is 2.00. The van der Waals surface area contributed by atoms with Crippen molar-refractivity contribution in [3.8, 4) is 0 Å². The minimum Gasteiger partial charge on any atom is -0.346 e. The van der Waals surface area contributed by atoms with Gasteiger partial charge in [0.15, 0.2) is 0 Å². The summed E-state index contributed by atoms with van der Waals surface area (Å²) in [5.41, 5.74) is 2.31. The lowest BCUT2D eigenvalue weighted by atomic mass is 10.1. The van der Waals surface area contributed by atoms with E-state index in [4.69, 9.17) is 0 Å². The summed E-state index contributed by atoms with van der Waals surface area (Å²) >= 11 is 0. The Morgan fingerprint density at radius 1 is 1.50 bits per heavy atom. The van der Waals surface area contributed by atoms with E-state index in [2.05, 4.69) is 29.0 Å². The molecular formula is C10H12N2. The summed E-state index contributed by atoms with van der Waals surface area (Å²) in [5, 5.41) is 1.21. The van der Waals surface area contributed by atoms with Crippen LogP contribution in [-0.4, -0.2) is 9.97 Å². The van der Waals surface area contributed by atoms with E-state index in [-0.39, 0.29) is 0 Å². The zero-order chi connectivity index (χ0) is 8.39. The number of nitrogens with one attached hydrogen (secondary N) is 1. The number of hydrogen-bond donors (Lipinski definition) is 1. The van der Waals surface area contributed by atoms with Gasteiger partial charge in [-0.1, -0.05) is 13.3 Å². The van der Waals surface area contributed by atoms with Crippen LogP contribution in [0.25, 0.3) is 11.0 Å².